The molecule has 1 aliphatic heterocycles. The van der Waals surface area contributed by atoms with E-state index in [0.717, 1.165) is 4.57 Å². The number of nitrogens with one attached hydrogen (secondary N) is 1. The molecule has 2 heterocycles. The summed E-state index contributed by atoms with van der Waals surface area (Å²) in [4.78, 5) is 25.1. The van der Waals surface area contributed by atoms with E-state index in [0.29, 0.717) is 5.56 Å². The largest absolute Gasteiger partial charge is 0.392 e. The molecule has 1 aromatic rings. The van der Waals surface area contributed by atoms with Crippen molar-refractivity contribution in [1.82, 2.24) is 9.55 Å². The summed E-state index contributed by atoms with van der Waals surface area (Å²) in [5, 5.41) is 19.1. The summed E-state index contributed by atoms with van der Waals surface area (Å²) in [5.74, 6) is 2.21. The van der Waals surface area contributed by atoms with E-state index in [9.17, 15) is 19.8 Å². The molecule has 0 saturated carbocycles. The van der Waals surface area contributed by atoms with Crippen molar-refractivity contribution >= 4 is 0 Å². The first kappa shape index (κ1) is 13.5. The minimum absolute atomic E-state index is 0.0517. The van der Waals surface area contributed by atoms with Gasteiger partial charge in [0.1, 0.15) is 12.3 Å². The third kappa shape index (κ3) is 2.10. The van der Waals surface area contributed by atoms with Crippen LogP contribution in [-0.4, -0.2) is 38.1 Å². The molecule has 1 fully saturated rings. The molecule has 3 atom stereocenters. The smallest absolute Gasteiger partial charge is 0.330 e. The molecular formula is C12H14N2O5. The molecule has 1 unspecified atom stereocenters. The Labute approximate surface area is 108 Å². The number of aliphatic hydroxyl groups excluding tert-OH is 2. The topological polar surface area (TPSA) is 105 Å². The van der Waals surface area contributed by atoms with Crippen molar-refractivity contribution in [3.63, 3.8) is 0 Å². The number of hydrogen-bond acceptors (Lipinski definition) is 5. The van der Waals surface area contributed by atoms with Crippen LogP contribution in [0.2, 0.25) is 0 Å². The lowest BCUT2D eigenvalue weighted by molar-refractivity contribution is -0.0913. The number of aryl methyl sites for hydroxylation is 1. The zero-order valence-electron chi connectivity index (χ0n) is 10.3. The molecule has 102 valence electrons. The Morgan fingerprint density at radius 3 is 2.89 bits per heavy atom. The number of aliphatic hydroxyl groups is 2. The van der Waals surface area contributed by atoms with E-state index in [1.165, 1.54) is 6.20 Å². The first-order valence-corrected chi connectivity index (χ1v) is 5.70. The highest BCUT2D eigenvalue weighted by molar-refractivity contribution is 5.16. The number of rotatable bonds is 2. The predicted octanol–water partition coefficient (Wildman–Crippen LogP) is -1.51. The average molecular weight is 266 g/mol. The molecule has 7 heteroatoms. The Hall–Kier alpha value is -1.88. The Morgan fingerprint density at radius 2 is 2.37 bits per heavy atom. The Morgan fingerprint density at radius 1 is 1.68 bits per heavy atom. The first-order valence-electron chi connectivity index (χ1n) is 5.70. The van der Waals surface area contributed by atoms with Gasteiger partial charge in [-0.3, -0.25) is 14.3 Å². The number of hydrogen-bond donors (Lipinski definition) is 3. The molecular weight excluding hydrogens is 252 g/mol. The standard InChI is InChI=1S/C12H14N2O5/c1-3-12(6-15)8(16)4-9(19-12)14-5-7(2)10(17)13-11(14)18/h1,5,8-9,15-16H,4,6H2,2H3,(H,13,17,18)/t8-,9?,12+/m0/s1. The van der Waals surface area contributed by atoms with Crippen LogP contribution in [0.1, 0.15) is 18.2 Å². The fourth-order valence-corrected chi connectivity index (χ4v) is 2.04. The Bertz CT molecular complexity index is 641. The van der Waals surface area contributed by atoms with Gasteiger partial charge in [-0.25, -0.2) is 4.79 Å². The molecule has 1 saturated heterocycles. The van der Waals surface area contributed by atoms with Crippen LogP contribution < -0.4 is 11.2 Å². The zero-order valence-corrected chi connectivity index (χ0v) is 10.3. The summed E-state index contributed by atoms with van der Waals surface area (Å²) in [7, 11) is 0. The minimum atomic E-state index is -1.52. The van der Waals surface area contributed by atoms with E-state index in [1.807, 2.05) is 0 Å². The zero-order chi connectivity index (χ0) is 14.2. The van der Waals surface area contributed by atoms with Gasteiger partial charge < -0.3 is 14.9 Å². The van der Waals surface area contributed by atoms with Crippen LogP contribution in [0.15, 0.2) is 15.8 Å². The van der Waals surface area contributed by atoms with Gasteiger partial charge in [0, 0.05) is 18.2 Å². The lowest BCUT2D eigenvalue weighted by atomic mass is 9.99. The molecule has 0 radical (unpaired) electrons. The number of nitrogens with zero attached hydrogens (tertiary/aromatic N) is 1. The van der Waals surface area contributed by atoms with Crippen LogP contribution in [0.3, 0.4) is 0 Å². The highest BCUT2D eigenvalue weighted by Crippen LogP contribution is 2.35. The van der Waals surface area contributed by atoms with Crippen LogP contribution >= 0.6 is 0 Å². The molecule has 19 heavy (non-hydrogen) atoms. The van der Waals surface area contributed by atoms with Gasteiger partial charge in [0.2, 0.25) is 0 Å². The minimum Gasteiger partial charge on any atom is -0.392 e. The Kier molecular flexibility index (Phi) is 3.32. The van der Waals surface area contributed by atoms with Gasteiger partial charge in [-0.15, -0.1) is 6.42 Å². The molecule has 0 aromatic carbocycles. The van der Waals surface area contributed by atoms with Crippen LogP contribution in [0.5, 0.6) is 0 Å². The maximum Gasteiger partial charge on any atom is 0.330 e. The normalized spacial score (nSPS) is 30.2. The van der Waals surface area contributed by atoms with Gasteiger partial charge in [0.25, 0.3) is 5.56 Å². The molecule has 2 rings (SSSR count). The Balaban J connectivity index is 2.42. The van der Waals surface area contributed by atoms with Crippen molar-refractivity contribution in [2.45, 2.75) is 31.3 Å². The molecule has 7 nitrogen and oxygen atoms in total. The number of aromatic amines is 1. The summed E-state index contributed by atoms with van der Waals surface area (Å²) in [6.45, 7) is 0.985. The molecule has 1 aliphatic rings. The summed E-state index contributed by atoms with van der Waals surface area (Å²) < 4.78 is 6.57. The number of aromatic nitrogens is 2. The molecule has 0 aliphatic carbocycles. The average Bonchev–Trinajstić information content (AvgIpc) is 2.71. The van der Waals surface area contributed by atoms with Crippen LogP contribution in [0.4, 0.5) is 0 Å². The van der Waals surface area contributed by atoms with Crippen molar-refractivity contribution in [3.05, 3.63) is 32.6 Å². The number of terminal acetylenes is 1. The highest BCUT2D eigenvalue weighted by atomic mass is 16.6. The van der Waals surface area contributed by atoms with Gasteiger partial charge in [-0.05, 0) is 6.92 Å². The highest BCUT2D eigenvalue weighted by Gasteiger charge is 2.47. The first-order chi connectivity index (χ1) is 8.93. The maximum atomic E-state index is 11.7. The summed E-state index contributed by atoms with van der Waals surface area (Å²) >= 11 is 0. The van der Waals surface area contributed by atoms with E-state index >= 15 is 0 Å². The number of ether oxygens (including phenoxy) is 1. The number of H-pyrrole nitrogens is 1. The van der Waals surface area contributed by atoms with Crippen LogP contribution in [0.25, 0.3) is 0 Å². The summed E-state index contributed by atoms with van der Waals surface area (Å²) in [5.41, 5.74) is -2.32. The van der Waals surface area contributed by atoms with E-state index in [-0.39, 0.29) is 6.42 Å². The fraction of sp³-hybridized carbons (Fsp3) is 0.500. The quantitative estimate of drug-likeness (QED) is 0.564. The van der Waals surface area contributed by atoms with E-state index in [4.69, 9.17) is 11.2 Å². The van der Waals surface area contributed by atoms with Crippen molar-refractivity contribution in [1.29, 1.82) is 0 Å². The molecule has 0 spiro atoms. The van der Waals surface area contributed by atoms with Gasteiger partial charge >= 0.3 is 5.69 Å². The lowest BCUT2D eigenvalue weighted by Gasteiger charge is -2.23. The lowest BCUT2D eigenvalue weighted by Crippen LogP contribution is -2.41. The van der Waals surface area contributed by atoms with E-state index < -0.39 is 35.8 Å². The molecule has 0 bridgehead atoms. The van der Waals surface area contributed by atoms with Gasteiger partial charge in [-0.2, -0.15) is 0 Å². The van der Waals surface area contributed by atoms with Crippen LogP contribution in [-0.2, 0) is 4.74 Å². The van der Waals surface area contributed by atoms with Gasteiger partial charge in [0.05, 0.1) is 6.61 Å². The SMILES string of the molecule is C#C[C@]1(CO)OC(n2cc(C)c(=O)[nH]c2=O)C[C@@H]1O. The monoisotopic (exact) mass is 266 g/mol. The van der Waals surface area contributed by atoms with E-state index in [1.54, 1.807) is 6.92 Å². The second-order valence-electron chi connectivity index (χ2n) is 4.49. The van der Waals surface area contributed by atoms with Crippen molar-refractivity contribution in [2.24, 2.45) is 0 Å². The van der Waals surface area contributed by atoms with Gasteiger partial charge in [-0.1, -0.05) is 5.92 Å². The van der Waals surface area contributed by atoms with Crippen molar-refractivity contribution in [2.75, 3.05) is 6.61 Å². The molecule has 3 N–H and O–H groups in total. The fourth-order valence-electron chi connectivity index (χ4n) is 2.04. The van der Waals surface area contributed by atoms with Crippen LogP contribution in [0, 0.1) is 19.3 Å². The summed E-state index contributed by atoms with van der Waals surface area (Å²) in [6.07, 6.45) is 4.73. The second-order valence-corrected chi connectivity index (χ2v) is 4.49. The maximum absolute atomic E-state index is 11.7. The second kappa shape index (κ2) is 4.66. The third-order valence-corrected chi connectivity index (χ3v) is 3.24. The third-order valence-electron chi connectivity index (χ3n) is 3.24. The van der Waals surface area contributed by atoms with Gasteiger partial charge in [0.15, 0.2) is 5.60 Å². The predicted molar refractivity (Wildman–Crippen MR) is 65.5 cm³/mol. The molecule has 0 amide bonds. The van der Waals surface area contributed by atoms with E-state index in [2.05, 4.69) is 10.9 Å². The van der Waals surface area contributed by atoms with Crippen molar-refractivity contribution < 1.29 is 14.9 Å². The van der Waals surface area contributed by atoms with Crippen molar-refractivity contribution in [3.8, 4) is 12.3 Å². The summed E-state index contributed by atoms with van der Waals surface area (Å²) in [6, 6.07) is 0. The molecule has 1 aromatic heterocycles.